The molecular weight excluding hydrogens is 306 g/mol. The molecule has 24 heavy (non-hydrogen) atoms. The zero-order valence-corrected chi connectivity index (χ0v) is 13.8. The van der Waals surface area contributed by atoms with Gasteiger partial charge in [-0.1, -0.05) is 24.3 Å². The van der Waals surface area contributed by atoms with Crippen molar-refractivity contribution in [3.8, 4) is 0 Å². The van der Waals surface area contributed by atoms with Crippen LogP contribution in [0.15, 0.2) is 48.5 Å². The van der Waals surface area contributed by atoms with E-state index in [1.54, 1.807) is 12.1 Å². The first-order valence-corrected chi connectivity index (χ1v) is 7.76. The third-order valence-corrected chi connectivity index (χ3v) is 3.36. The first-order chi connectivity index (χ1) is 11.4. The number of carboxylic acid groups (broad SMARTS) is 1. The number of aromatic carboxylic acids is 1. The number of benzene rings is 2. The first-order valence-electron chi connectivity index (χ1n) is 7.76. The maximum atomic E-state index is 12.1. The number of nitrogens with one attached hydrogen (secondary N) is 1. The van der Waals surface area contributed by atoms with Crippen LogP contribution in [0.25, 0.3) is 0 Å². The molecule has 5 nitrogen and oxygen atoms in total. The zero-order chi connectivity index (χ0) is 17.5. The van der Waals surface area contributed by atoms with Gasteiger partial charge in [0.1, 0.15) is 0 Å². The Morgan fingerprint density at radius 3 is 2.42 bits per heavy atom. The van der Waals surface area contributed by atoms with Crippen molar-refractivity contribution in [3.05, 3.63) is 65.2 Å². The molecule has 0 aromatic heterocycles. The minimum Gasteiger partial charge on any atom is -0.478 e. The highest BCUT2D eigenvalue weighted by Crippen LogP contribution is 2.13. The second-order valence-electron chi connectivity index (χ2n) is 5.79. The predicted molar refractivity (Wildman–Crippen MR) is 92.1 cm³/mol. The maximum absolute atomic E-state index is 12.1. The standard InChI is InChI=1S/C19H21NO4/c1-13(2)24-12-15-4-3-5-17(10-15)20-18(21)11-14-6-8-16(9-7-14)19(22)23/h3-10,13H,11-12H2,1-2H3,(H,20,21)(H,22,23). The Balaban J connectivity index is 1.94. The van der Waals surface area contributed by atoms with E-state index in [9.17, 15) is 9.59 Å². The third kappa shape index (κ3) is 5.52. The number of ether oxygens (including phenoxy) is 1. The summed E-state index contributed by atoms with van der Waals surface area (Å²) < 4.78 is 5.55. The van der Waals surface area contributed by atoms with Gasteiger partial charge >= 0.3 is 5.97 Å². The molecule has 5 heteroatoms. The topological polar surface area (TPSA) is 75.6 Å². The number of anilines is 1. The summed E-state index contributed by atoms with van der Waals surface area (Å²) in [5.41, 5.74) is 2.67. The van der Waals surface area contributed by atoms with E-state index in [-0.39, 0.29) is 24.0 Å². The number of hydrogen-bond acceptors (Lipinski definition) is 3. The summed E-state index contributed by atoms with van der Waals surface area (Å²) in [6.45, 7) is 4.44. The molecule has 2 N–H and O–H groups in total. The quantitative estimate of drug-likeness (QED) is 0.816. The van der Waals surface area contributed by atoms with Crippen LogP contribution in [0.4, 0.5) is 5.69 Å². The van der Waals surface area contributed by atoms with E-state index in [1.165, 1.54) is 12.1 Å². The van der Waals surface area contributed by atoms with Gasteiger partial charge in [0.25, 0.3) is 0 Å². The number of carbonyl (C=O) groups excluding carboxylic acids is 1. The molecule has 0 saturated carbocycles. The molecule has 2 aromatic rings. The summed E-state index contributed by atoms with van der Waals surface area (Å²) >= 11 is 0. The van der Waals surface area contributed by atoms with Crippen molar-refractivity contribution >= 4 is 17.6 Å². The maximum Gasteiger partial charge on any atom is 0.335 e. The van der Waals surface area contributed by atoms with Crippen LogP contribution in [-0.4, -0.2) is 23.1 Å². The van der Waals surface area contributed by atoms with Crippen molar-refractivity contribution in [2.45, 2.75) is 33.0 Å². The van der Waals surface area contributed by atoms with Crippen molar-refractivity contribution < 1.29 is 19.4 Å². The fourth-order valence-electron chi connectivity index (χ4n) is 2.16. The van der Waals surface area contributed by atoms with Crippen LogP contribution in [0.2, 0.25) is 0 Å². The second-order valence-corrected chi connectivity index (χ2v) is 5.79. The average molecular weight is 327 g/mol. The van der Waals surface area contributed by atoms with Crippen LogP contribution < -0.4 is 5.32 Å². The fraction of sp³-hybridized carbons (Fsp3) is 0.263. The van der Waals surface area contributed by atoms with E-state index in [2.05, 4.69) is 5.32 Å². The van der Waals surface area contributed by atoms with Crippen LogP contribution in [0.5, 0.6) is 0 Å². The van der Waals surface area contributed by atoms with Gasteiger partial charge in [-0.25, -0.2) is 4.79 Å². The Morgan fingerprint density at radius 1 is 1.08 bits per heavy atom. The van der Waals surface area contributed by atoms with E-state index in [4.69, 9.17) is 9.84 Å². The first kappa shape index (κ1) is 17.7. The minimum absolute atomic E-state index is 0.150. The average Bonchev–Trinajstić information content (AvgIpc) is 2.53. The molecule has 0 heterocycles. The van der Waals surface area contributed by atoms with Gasteiger partial charge in [-0.15, -0.1) is 0 Å². The molecular formula is C19H21NO4. The number of carboxylic acids is 1. The Hall–Kier alpha value is -2.66. The normalized spacial score (nSPS) is 10.6. The van der Waals surface area contributed by atoms with Gasteiger partial charge < -0.3 is 15.2 Å². The van der Waals surface area contributed by atoms with Gasteiger partial charge in [0.05, 0.1) is 24.7 Å². The molecule has 0 bridgehead atoms. The minimum atomic E-state index is -0.980. The summed E-state index contributed by atoms with van der Waals surface area (Å²) in [6, 6.07) is 13.8. The molecule has 0 spiro atoms. The summed E-state index contributed by atoms with van der Waals surface area (Å²) in [6.07, 6.45) is 0.337. The predicted octanol–water partition coefficient (Wildman–Crippen LogP) is 3.49. The van der Waals surface area contributed by atoms with Crippen molar-refractivity contribution in [1.82, 2.24) is 0 Å². The SMILES string of the molecule is CC(C)OCc1cccc(NC(=O)Cc2ccc(C(=O)O)cc2)c1. The lowest BCUT2D eigenvalue weighted by Crippen LogP contribution is -2.14. The highest BCUT2D eigenvalue weighted by Gasteiger charge is 2.07. The van der Waals surface area contributed by atoms with E-state index in [0.29, 0.717) is 12.3 Å². The lowest BCUT2D eigenvalue weighted by molar-refractivity contribution is -0.115. The van der Waals surface area contributed by atoms with Crippen LogP contribution in [0.3, 0.4) is 0 Å². The fourth-order valence-corrected chi connectivity index (χ4v) is 2.16. The Kier molecular flexibility index (Phi) is 6.09. The molecule has 126 valence electrons. The highest BCUT2D eigenvalue weighted by atomic mass is 16.5. The number of carbonyl (C=O) groups is 2. The van der Waals surface area contributed by atoms with E-state index in [0.717, 1.165) is 11.1 Å². The van der Waals surface area contributed by atoms with Crippen molar-refractivity contribution in [2.24, 2.45) is 0 Å². The van der Waals surface area contributed by atoms with Gasteiger partial charge in [0.15, 0.2) is 0 Å². The zero-order valence-electron chi connectivity index (χ0n) is 13.8. The molecule has 0 radical (unpaired) electrons. The van der Waals surface area contributed by atoms with Crippen LogP contribution in [0, 0.1) is 0 Å². The summed E-state index contributed by atoms with van der Waals surface area (Å²) in [7, 11) is 0. The highest BCUT2D eigenvalue weighted by molar-refractivity contribution is 5.92. The summed E-state index contributed by atoms with van der Waals surface area (Å²) in [5.74, 6) is -1.13. The van der Waals surface area contributed by atoms with Crippen molar-refractivity contribution in [1.29, 1.82) is 0 Å². The lowest BCUT2D eigenvalue weighted by atomic mass is 10.1. The van der Waals surface area contributed by atoms with Crippen molar-refractivity contribution in [2.75, 3.05) is 5.32 Å². The van der Waals surface area contributed by atoms with Gasteiger partial charge in [-0.05, 0) is 49.2 Å². The van der Waals surface area contributed by atoms with E-state index < -0.39 is 5.97 Å². The Labute approximate surface area is 141 Å². The second kappa shape index (κ2) is 8.26. The number of hydrogen-bond donors (Lipinski definition) is 2. The smallest absolute Gasteiger partial charge is 0.335 e. The van der Waals surface area contributed by atoms with Gasteiger partial charge in [0.2, 0.25) is 5.91 Å². The van der Waals surface area contributed by atoms with Crippen LogP contribution in [-0.2, 0) is 22.6 Å². The third-order valence-electron chi connectivity index (χ3n) is 3.36. The molecule has 0 saturated heterocycles. The molecule has 0 aliphatic rings. The van der Waals surface area contributed by atoms with Crippen LogP contribution in [0.1, 0.15) is 35.3 Å². The number of amides is 1. The molecule has 0 fully saturated rings. The molecule has 2 aromatic carbocycles. The largest absolute Gasteiger partial charge is 0.478 e. The molecule has 2 rings (SSSR count). The monoisotopic (exact) mass is 327 g/mol. The lowest BCUT2D eigenvalue weighted by Gasteiger charge is -2.10. The van der Waals surface area contributed by atoms with E-state index in [1.807, 2.05) is 38.1 Å². The van der Waals surface area contributed by atoms with Gasteiger partial charge in [0, 0.05) is 5.69 Å². The number of rotatable bonds is 7. The Morgan fingerprint density at radius 2 is 1.79 bits per heavy atom. The molecule has 0 aliphatic carbocycles. The van der Waals surface area contributed by atoms with E-state index >= 15 is 0 Å². The molecule has 0 aliphatic heterocycles. The Bertz CT molecular complexity index is 708. The summed E-state index contributed by atoms with van der Waals surface area (Å²) in [5, 5.41) is 11.7. The van der Waals surface area contributed by atoms with Crippen LogP contribution >= 0.6 is 0 Å². The molecule has 1 amide bonds. The summed E-state index contributed by atoms with van der Waals surface area (Å²) in [4.78, 5) is 22.9. The van der Waals surface area contributed by atoms with Gasteiger partial charge in [-0.2, -0.15) is 0 Å². The molecule has 0 atom stereocenters. The van der Waals surface area contributed by atoms with Crippen molar-refractivity contribution in [3.63, 3.8) is 0 Å². The van der Waals surface area contributed by atoms with Gasteiger partial charge in [-0.3, -0.25) is 4.79 Å². The molecule has 0 unspecified atom stereocenters.